The standard InChI is InChI=1S/C10H15N3/c1-11-6-10-8-4-2-3-5-9(8)12-7-13-10/h7,11H,2-6H2,1H3. The first-order valence-corrected chi connectivity index (χ1v) is 4.88. The van der Waals surface area contributed by atoms with Crippen LogP contribution >= 0.6 is 0 Å². The zero-order chi connectivity index (χ0) is 9.10. The Morgan fingerprint density at radius 2 is 2.15 bits per heavy atom. The van der Waals surface area contributed by atoms with E-state index in [-0.39, 0.29) is 0 Å². The third-order valence-corrected chi connectivity index (χ3v) is 2.56. The van der Waals surface area contributed by atoms with Gasteiger partial charge in [0.15, 0.2) is 0 Å². The van der Waals surface area contributed by atoms with E-state index in [1.807, 2.05) is 7.05 Å². The molecule has 3 heteroatoms. The quantitative estimate of drug-likeness (QED) is 0.734. The van der Waals surface area contributed by atoms with Gasteiger partial charge in [0.25, 0.3) is 0 Å². The lowest BCUT2D eigenvalue weighted by Crippen LogP contribution is -2.15. The normalized spacial score (nSPS) is 15.5. The molecule has 0 saturated carbocycles. The molecular formula is C10H15N3. The van der Waals surface area contributed by atoms with Gasteiger partial charge in [-0.1, -0.05) is 0 Å². The molecule has 1 aliphatic rings. The summed E-state index contributed by atoms with van der Waals surface area (Å²) in [5, 5.41) is 3.14. The lowest BCUT2D eigenvalue weighted by molar-refractivity contribution is 0.641. The van der Waals surface area contributed by atoms with Gasteiger partial charge in [-0.15, -0.1) is 0 Å². The second-order valence-electron chi connectivity index (χ2n) is 3.48. The van der Waals surface area contributed by atoms with Crippen LogP contribution in [0, 0.1) is 0 Å². The van der Waals surface area contributed by atoms with E-state index >= 15 is 0 Å². The molecule has 0 fully saturated rings. The number of hydrogen-bond acceptors (Lipinski definition) is 3. The first kappa shape index (κ1) is 8.63. The molecule has 0 aliphatic heterocycles. The number of nitrogens with zero attached hydrogens (tertiary/aromatic N) is 2. The van der Waals surface area contributed by atoms with Crippen molar-refractivity contribution >= 4 is 0 Å². The van der Waals surface area contributed by atoms with Crippen molar-refractivity contribution in [1.29, 1.82) is 0 Å². The smallest absolute Gasteiger partial charge is 0.116 e. The minimum Gasteiger partial charge on any atom is -0.314 e. The number of nitrogens with one attached hydrogen (secondary N) is 1. The molecule has 3 nitrogen and oxygen atoms in total. The predicted molar refractivity (Wildman–Crippen MR) is 51.4 cm³/mol. The second kappa shape index (κ2) is 3.83. The van der Waals surface area contributed by atoms with Gasteiger partial charge in [-0.05, 0) is 38.3 Å². The van der Waals surface area contributed by atoms with E-state index in [9.17, 15) is 0 Å². The molecule has 1 N–H and O–H groups in total. The summed E-state index contributed by atoms with van der Waals surface area (Å²) < 4.78 is 0. The van der Waals surface area contributed by atoms with Crippen molar-refractivity contribution in [3.05, 3.63) is 23.3 Å². The molecule has 1 aromatic heterocycles. The number of aromatic nitrogens is 2. The molecule has 0 bridgehead atoms. The number of hydrogen-bond donors (Lipinski definition) is 1. The second-order valence-corrected chi connectivity index (χ2v) is 3.48. The van der Waals surface area contributed by atoms with Gasteiger partial charge in [0, 0.05) is 12.2 Å². The average molecular weight is 177 g/mol. The van der Waals surface area contributed by atoms with Crippen molar-refractivity contribution in [2.24, 2.45) is 0 Å². The van der Waals surface area contributed by atoms with E-state index in [4.69, 9.17) is 0 Å². The van der Waals surface area contributed by atoms with Gasteiger partial charge in [0.05, 0.1) is 5.69 Å². The maximum atomic E-state index is 4.32. The van der Waals surface area contributed by atoms with E-state index in [1.54, 1.807) is 6.33 Å². The highest BCUT2D eigenvalue weighted by Crippen LogP contribution is 2.20. The molecule has 0 atom stereocenters. The van der Waals surface area contributed by atoms with Crippen molar-refractivity contribution in [2.45, 2.75) is 32.2 Å². The Labute approximate surface area is 78.6 Å². The van der Waals surface area contributed by atoms with E-state index in [2.05, 4.69) is 15.3 Å². The van der Waals surface area contributed by atoms with Gasteiger partial charge in [-0.2, -0.15) is 0 Å². The Bertz CT molecular complexity index is 296. The van der Waals surface area contributed by atoms with Gasteiger partial charge in [0.2, 0.25) is 0 Å². The van der Waals surface area contributed by atoms with Crippen LogP contribution in [-0.4, -0.2) is 17.0 Å². The largest absolute Gasteiger partial charge is 0.314 e. The van der Waals surface area contributed by atoms with Crippen LogP contribution in [0.25, 0.3) is 0 Å². The Morgan fingerprint density at radius 3 is 3.00 bits per heavy atom. The van der Waals surface area contributed by atoms with Gasteiger partial charge in [-0.25, -0.2) is 9.97 Å². The topological polar surface area (TPSA) is 37.8 Å². The molecule has 0 aromatic carbocycles. The summed E-state index contributed by atoms with van der Waals surface area (Å²) in [4.78, 5) is 8.63. The third kappa shape index (κ3) is 1.70. The van der Waals surface area contributed by atoms with Crippen LogP contribution in [0.4, 0.5) is 0 Å². The molecule has 0 unspecified atom stereocenters. The predicted octanol–water partition coefficient (Wildman–Crippen LogP) is 1.07. The minimum absolute atomic E-state index is 0.866. The zero-order valence-corrected chi connectivity index (χ0v) is 8.01. The van der Waals surface area contributed by atoms with Crippen molar-refractivity contribution in [3.8, 4) is 0 Å². The molecule has 13 heavy (non-hydrogen) atoms. The Morgan fingerprint density at radius 1 is 1.31 bits per heavy atom. The number of aryl methyl sites for hydroxylation is 1. The Balaban J connectivity index is 2.34. The average Bonchev–Trinajstić information content (AvgIpc) is 2.19. The monoisotopic (exact) mass is 177 g/mol. The maximum Gasteiger partial charge on any atom is 0.116 e. The van der Waals surface area contributed by atoms with Crippen LogP contribution in [0.2, 0.25) is 0 Å². The summed E-state index contributed by atoms with van der Waals surface area (Å²) in [6.45, 7) is 0.866. The Kier molecular flexibility index (Phi) is 2.54. The summed E-state index contributed by atoms with van der Waals surface area (Å²) in [6.07, 6.45) is 6.55. The van der Waals surface area contributed by atoms with Crippen LogP contribution in [0.3, 0.4) is 0 Å². The molecule has 70 valence electrons. The van der Waals surface area contributed by atoms with Crippen molar-refractivity contribution < 1.29 is 0 Å². The lowest BCUT2D eigenvalue weighted by Gasteiger charge is -2.16. The molecule has 1 aliphatic carbocycles. The first-order valence-electron chi connectivity index (χ1n) is 4.88. The van der Waals surface area contributed by atoms with E-state index in [0.717, 1.165) is 19.4 Å². The molecule has 0 radical (unpaired) electrons. The summed E-state index contributed by atoms with van der Waals surface area (Å²) >= 11 is 0. The molecule has 0 amide bonds. The van der Waals surface area contributed by atoms with Crippen molar-refractivity contribution in [1.82, 2.24) is 15.3 Å². The summed E-state index contributed by atoms with van der Waals surface area (Å²) in [6, 6.07) is 0. The van der Waals surface area contributed by atoms with Crippen LogP contribution < -0.4 is 5.32 Å². The summed E-state index contributed by atoms with van der Waals surface area (Å²) in [5.74, 6) is 0. The van der Waals surface area contributed by atoms with Crippen LogP contribution in [0.15, 0.2) is 6.33 Å². The van der Waals surface area contributed by atoms with Crippen molar-refractivity contribution in [3.63, 3.8) is 0 Å². The van der Waals surface area contributed by atoms with Crippen LogP contribution in [0.5, 0.6) is 0 Å². The highest BCUT2D eigenvalue weighted by Gasteiger charge is 2.14. The Hall–Kier alpha value is -0.960. The van der Waals surface area contributed by atoms with Gasteiger partial charge >= 0.3 is 0 Å². The third-order valence-electron chi connectivity index (χ3n) is 2.56. The zero-order valence-electron chi connectivity index (χ0n) is 8.01. The van der Waals surface area contributed by atoms with Gasteiger partial charge in [-0.3, -0.25) is 0 Å². The molecule has 0 saturated heterocycles. The summed E-state index contributed by atoms with van der Waals surface area (Å²) in [5.41, 5.74) is 3.85. The highest BCUT2D eigenvalue weighted by molar-refractivity contribution is 5.26. The lowest BCUT2D eigenvalue weighted by atomic mass is 9.95. The molecule has 1 aromatic rings. The van der Waals surface area contributed by atoms with Gasteiger partial charge in [0.1, 0.15) is 6.33 Å². The summed E-state index contributed by atoms with van der Waals surface area (Å²) in [7, 11) is 1.96. The maximum absolute atomic E-state index is 4.32. The highest BCUT2D eigenvalue weighted by atomic mass is 14.9. The van der Waals surface area contributed by atoms with Crippen LogP contribution in [0.1, 0.15) is 29.8 Å². The SMILES string of the molecule is CNCc1ncnc2c1CCCC2. The van der Waals surface area contributed by atoms with E-state index in [0.29, 0.717) is 0 Å². The van der Waals surface area contributed by atoms with Gasteiger partial charge < -0.3 is 5.32 Å². The molecule has 0 spiro atoms. The number of rotatable bonds is 2. The van der Waals surface area contributed by atoms with Crippen LogP contribution in [-0.2, 0) is 19.4 Å². The molecule has 1 heterocycles. The first-order chi connectivity index (χ1) is 6.42. The van der Waals surface area contributed by atoms with Crippen molar-refractivity contribution in [2.75, 3.05) is 7.05 Å². The fraction of sp³-hybridized carbons (Fsp3) is 0.600. The fourth-order valence-electron chi connectivity index (χ4n) is 1.91. The molecule has 2 rings (SSSR count). The molecular weight excluding hydrogens is 162 g/mol. The number of fused-ring (bicyclic) bond motifs is 1. The van der Waals surface area contributed by atoms with E-state index in [1.165, 1.54) is 29.8 Å². The fourth-order valence-corrected chi connectivity index (χ4v) is 1.91. The van der Waals surface area contributed by atoms with E-state index < -0.39 is 0 Å². The minimum atomic E-state index is 0.866.